The minimum Gasteiger partial charge on any atom is -0.396 e. The average molecular weight is 228 g/mol. The monoisotopic (exact) mass is 228 g/mol. The summed E-state index contributed by atoms with van der Waals surface area (Å²) in [5.41, 5.74) is -0.544. The molecule has 1 fully saturated rings. The number of amides is 1. The summed E-state index contributed by atoms with van der Waals surface area (Å²) in [6, 6.07) is 0.138. The second-order valence-corrected chi connectivity index (χ2v) is 5.18. The van der Waals surface area contributed by atoms with E-state index in [1.807, 2.05) is 13.8 Å². The molecule has 0 bridgehead atoms. The lowest BCUT2D eigenvalue weighted by atomic mass is 9.84. The van der Waals surface area contributed by atoms with Crippen LogP contribution in [0.5, 0.6) is 0 Å². The number of carbonyl (C=O) groups excluding carboxylic acids is 1. The van der Waals surface area contributed by atoms with E-state index in [0.29, 0.717) is 0 Å². The minimum absolute atomic E-state index is 0.0142. The summed E-state index contributed by atoms with van der Waals surface area (Å²) < 4.78 is 0. The first-order valence-corrected chi connectivity index (χ1v) is 6.12. The first-order chi connectivity index (χ1) is 7.51. The van der Waals surface area contributed by atoms with Gasteiger partial charge in [-0.2, -0.15) is 0 Å². The van der Waals surface area contributed by atoms with E-state index in [2.05, 4.69) is 10.6 Å². The van der Waals surface area contributed by atoms with Crippen molar-refractivity contribution < 1.29 is 9.90 Å². The Morgan fingerprint density at radius 1 is 1.38 bits per heavy atom. The molecule has 1 amide bonds. The van der Waals surface area contributed by atoms with Crippen molar-refractivity contribution in [3.05, 3.63) is 0 Å². The van der Waals surface area contributed by atoms with Crippen LogP contribution in [0.1, 0.15) is 39.5 Å². The maximum atomic E-state index is 12.0. The van der Waals surface area contributed by atoms with Gasteiger partial charge in [-0.05, 0) is 33.7 Å². The van der Waals surface area contributed by atoms with Crippen LogP contribution in [0.3, 0.4) is 0 Å². The number of aliphatic hydroxyl groups is 1. The second-order valence-electron chi connectivity index (χ2n) is 5.18. The molecule has 0 saturated heterocycles. The number of hydrogen-bond acceptors (Lipinski definition) is 3. The van der Waals surface area contributed by atoms with E-state index in [1.165, 1.54) is 0 Å². The minimum atomic E-state index is -0.544. The van der Waals surface area contributed by atoms with Crippen LogP contribution in [0.2, 0.25) is 0 Å². The van der Waals surface area contributed by atoms with Crippen molar-refractivity contribution >= 4 is 5.91 Å². The molecule has 0 aromatic heterocycles. The first kappa shape index (κ1) is 13.5. The molecule has 0 aromatic carbocycles. The molecule has 4 nitrogen and oxygen atoms in total. The number of hydrogen-bond donors (Lipinski definition) is 3. The SMILES string of the molecule is CNC(C)(C)C(=O)NC1CCCCC1CO. The number of aliphatic hydroxyl groups excluding tert-OH is 1. The molecule has 1 saturated carbocycles. The Hall–Kier alpha value is -0.610. The number of likely N-dealkylation sites (N-methyl/N-ethyl adjacent to an activating group) is 1. The Labute approximate surface area is 97.8 Å². The van der Waals surface area contributed by atoms with E-state index in [-0.39, 0.29) is 24.5 Å². The third-order valence-electron chi connectivity index (χ3n) is 3.65. The highest BCUT2D eigenvalue weighted by atomic mass is 16.3. The summed E-state index contributed by atoms with van der Waals surface area (Å²) in [6.07, 6.45) is 4.30. The van der Waals surface area contributed by atoms with Crippen molar-refractivity contribution in [2.45, 2.75) is 51.1 Å². The van der Waals surface area contributed by atoms with Crippen molar-refractivity contribution in [1.29, 1.82) is 0 Å². The lowest BCUT2D eigenvalue weighted by Gasteiger charge is -2.33. The molecule has 4 heteroatoms. The molecule has 0 radical (unpaired) electrons. The smallest absolute Gasteiger partial charge is 0.239 e. The molecule has 1 aliphatic rings. The highest BCUT2D eigenvalue weighted by Crippen LogP contribution is 2.24. The zero-order chi connectivity index (χ0) is 12.2. The number of nitrogens with one attached hydrogen (secondary N) is 2. The maximum Gasteiger partial charge on any atom is 0.239 e. The van der Waals surface area contributed by atoms with Gasteiger partial charge < -0.3 is 15.7 Å². The molecule has 94 valence electrons. The van der Waals surface area contributed by atoms with Gasteiger partial charge in [0.25, 0.3) is 0 Å². The van der Waals surface area contributed by atoms with Crippen LogP contribution in [0, 0.1) is 5.92 Å². The molecule has 2 atom stereocenters. The van der Waals surface area contributed by atoms with Gasteiger partial charge in [0, 0.05) is 18.6 Å². The first-order valence-electron chi connectivity index (χ1n) is 6.12. The van der Waals surface area contributed by atoms with Crippen LogP contribution in [-0.2, 0) is 4.79 Å². The lowest BCUT2D eigenvalue weighted by molar-refractivity contribution is -0.127. The lowest BCUT2D eigenvalue weighted by Crippen LogP contribution is -2.55. The highest BCUT2D eigenvalue weighted by Gasteiger charge is 2.31. The Bertz CT molecular complexity index is 241. The van der Waals surface area contributed by atoms with E-state index >= 15 is 0 Å². The second kappa shape index (κ2) is 5.64. The van der Waals surface area contributed by atoms with Crippen LogP contribution in [0.4, 0.5) is 0 Å². The zero-order valence-electron chi connectivity index (χ0n) is 10.5. The van der Waals surface area contributed by atoms with Crippen molar-refractivity contribution in [1.82, 2.24) is 10.6 Å². The molecular weight excluding hydrogens is 204 g/mol. The third kappa shape index (κ3) is 3.19. The Morgan fingerprint density at radius 2 is 2.00 bits per heavy atom. The normalized spacial score (nSPS) is 26.5. The molecule has 1 aliphatic carbocycles. The van der Waals surface area contributed by atoms with Crippen molar-refractivity contribution in [2.24, 2.45) is 5.92 Å². The zero-order valence-corrected chi connectivity index (χ0v) is 10.5. The summed E-state index contributed by atoms with van der Waals surface area (Å²) in [7, 11) is 1.78. The van der Waals surface area contributed by atoms with E-state index < -0.39 is 5.54 Å². The summed E-state index contributed by atoms with van der Waals surface area (Å²) in [5.74, 6) is 0.241. The van der Waals surface area contributed by atoms with Crippen LogP contribution >= 0.6 is 0 Å². The number of rotatable bonds is 4. The standard InChI is InChI=1S/C12H24N2O2/c1-12(2,13-3)11(16)14-10-7-5-4-6-9(10)8-15/h9-10,13,15H,4-8H2,1-3H3,(H,14,16). The van der Waals surface area contributed by atoms with Crippen molar-refractivity contribution in [3.63, 3.8) is 0 Å². The molecule has 0 aliphatic heterocycles. The van der Waals surface area contributed by atoms with E-state index in [9.17, 15) is 9.90 Å². The van der Waals surface area contributed by atoms with Crippen molar-refractivity contribution in [3.8, 4) is 0 Å². The molecule has 16 heavy (non-hydrogen) atoms. The van der Waals surface area contributed by atoms with Crippen LogP contribution in [0.25, 0.3) is 0 Å². The largest absolute Gasteiger partial charge is 0.396 e. The van der Waals surface area contributed by atoms with Gasteiger partial charge in [0.05, 0.1) is 5.54 Å². The summed E-state index contributed by atoms with van der Waals surface area (Å²) in [5, 5.41) is 15.3. The predicted octanol–water partition coefficient (Wildman–Crippen LogP) is 0.652. The number of carbonyl (C=O) groups is 1. The van der Waals surface area contributed by atoms with Gasteiger partial charge in [0.1, 0.15) is 0 Å². The van der Waals surface area contributed by atoms with Crippen LogP contribution in [-0.4, -0.2) is 36.2 Å². The highest BCUT2D eigenvalue weighted by molar-refractivity contribution is 5.85. The molecular formula is C12H24N2O2. The molecule has 0 aromatic rings. The molecule has 0 spiro atoms. The fraction of sp³-hybridized carbons (Fsp3) is 0.917. The molecule has 2 unspecified atom stereocenters. The van der Waals surface area contributed by atoms with Crippen LogP contribution in [0.15, 0.2) is 0 Å². The fourth-order valence-corrected chi connectivity index (χ4v) is 2.08. The van der Waals surface area contributed by atoms with Crippen molar-refractivity contribution in [2.75, 3.05) is 13.7 Å². The van der Waals surface area contributed by atoms with E-state index in [0.717, 1.165) is 25.7 Å². The Morgan fingerprint density at radius 3 is 2.56 bits per heavy atom. The molecule has 1 rings (SSSR count). The summed E-state index contributed by atoms with van der Waals surface area (Å²) in [6.45, 7) is 3.89. The summed E-state index contributed by atoms with van der Waals surface area (Å²) in [4.78, 5) is 12.0. The van der Waals surface area contributed by atoms with Gasteiger partial charge in [-0.1, -0.05) is 12.8 Å². The fourth-order valence-electron chi connectivity index (χ4n) is 2.08. The van der Waals surface area contributed by atoms with E-state index in [1.54, 1.807) is 7.05 Å². The maximum absolute atomic E-state index is 12.0. The van der Waals surface area contributed by atoms with Crippen LogP contribution < -0.4 is 10.6 Å². The quantitative estimate of drug-likeness (QED) is 0.662. The van der Waals surface area contributed by atoms with Gasteiger partial charge in [-0.3, -0.25) is 4.79 Å². The molecule has 3 N–H and O–H groups in total. The predicted molar refractivity (Wildman–Crippen MR) is 64.1 cm³/mol. The topological polar surface area (TPSA) is 61.4 Å². The summed E-state index contributed by atoms with van der Waals surface area (Å²) >= 11 is 0. The van der Waals surface area contributed by atoms with Gasteiger partial charge >= 0.3 is 0 Å². The van der Waals surface area contributed by atoms with Gasteiger partial charge in [-0.15, -0.1) is 0 Å². The average Bonchev–Trinajstić information content (AvgIpc) is 2.29. The van der Waals surface area contributed by atoms with Gasteiger partial charge in [-0.25, -0.2) is 0 Å². The third-order valence-corrected chi connectivity index (χ3v) is 3.65. The van der Waals surface area contributed by atoms with E-state index in [4.69, 9.17) is 0 Å². The van der Waals surface area contributed by atoms with Gasteiger partial charge in [0.15, 0.2) is 0 Å². The Kier molecular flexibility index (Phi) is 4.74. The Balaban J connectivity index is 2.54. The van der Waals surface area contributed by atoms with Gasteiger partial charge in [0.2, 0.25) is 5.91 Å². The molecule has 0 heterocycles.